The third-order valence-electron chi connectivity index (χ3n) is 5.26. The number of hydrogen-bond acceptors (Lipinski definition) is 4. The fourth-order valence-electron chi connectivity index (χ4n) is 3.88. The first-order valence-electron chi connectivity index (χ1n) is 10.1. The third kappa shape index (κ3) is 4.28. The van der Waals surface area contributed by atoms with Gasteiger partial charge in [-0.3, -0.25) is 9.89 Å². The van der Waals surface area contributed by atoms with Crippen LogP contribution < -0.4 is 0 Å². The lowest BCUT2D eigenvalue weighted by molar-refractivity contribution is 0.0601. The van der Waals surface area contributed by atoms with Gasteiger partial charge in [0.25, 0.3) is 5.91 Å². The summed E-state index contributed by atoms with van der Waals surface area (Å²) in [5, 5.41) is 18.8. The Hall–Kier alpha value is -2.54. The van der Waals surface area contributed by atoms with Crippen LogP contribution >= 0.6 is 23.2 Å². The molecule has 0 bridgehead atoms. The second-order valence-electron chi connectivity index (χ2n) is 7.75. The van der Waals surface area contributed by atoms with Gasteiger partial charge in [-0.1, -0.05) is 35.3 Å². The lowest BCUT2D eigenvalue weighted by Gasteiger charge is -2.26. The van der Waals surface area contributed by atoms with E-state index in [0.717, 1.165) is 11.1 Å². The summed E-state index contributed by atoms with van der Waals surface area (Å²) in [7, 11) is 0. The van der Waals surface area contributed by atoms with Gasteiger partial charge in [0.2, 0.25) is 0 Å². The second kappa shape index (κ2) is 8.91. The topological polar surface area (TPSA) is 78.5 Å². The highest BCUT2D eigenvalue weighted by atomic mass is 35.5. The minimum absolute atomic E-state index is 0.0461. The highest BCUT2D eigenvalue weighted by molar-refractivity contribution is 6.31. The number of nitrogens with zero attached hydrogens (tertiary/aromatic N) is 2. The summed E-state index contributed by atoms with van der Waals surface area (Å²) < 4.78 is 5.65. The molecule has 8 heteroatoms. The van der Waals surface area contributed by atoms with Crippen molar-refractivity contribution in [3.63, 3.8) is 0 Å². The van der Waals surface area contributed by atoms with Crippen molar-refractivity contribution in [1.29, 1.82) is 0 Å². The molecule has 2 N–H and O–H groups in total. The molecule has 0 saturated heterocycles. The van der Waals surface area contributed by atoms with E-state index < -0.39 is 0 Å². The van der Waals surface area contributed by atoms with Gasteiger partial charge in [0.15, 0.2) is 0 Å². The molecule has 4 rings (SSSR count). The van der Waals surface area contributed by atoms with Crippen LogP contribution in [-0.4, -0.2) is 45.4 Å². The molecule has 31 heavy (non-hydrogen) atoms. The van der Waals surface area contributed by atoms with E-state index in [4.69, 9.17) is 27.9 Å². The van der Waals surface area contributed by atoms with Crippen molar-refractivity contribution in [3.05, 3.63) is 69.3 Å². The zero-order valence-corrected chi connectivity index (χ0v) is 18.7. The Morgan fingerprint density at radius 3 is 2.58 bits per heavy atom. The maximum atomic E-state index is 13.3. The Morgan fingerprint density at radius 2 is 1.87 bits per heavy atom. The maximum absolute atomic E-state index is 13.3. The largest absolute Gasteiger partial charge is 0.507 e. The minimum Gasteiger partial charge on any atom is -0.507 e. The smallest absolute Gasteiger partial charge is 0.273 e. The van der Waals surface area contributed by atoms with Crippen LogP contribution in [0.25, 0.3) is 11.3 Å². The zero-order chi connectivity index (χ0) is 22.1. The van der Waals surface area contributed by atoms with E-state index in [1.807, 2.05) is 26.0 Å². The van der Waals surface area contributed by atoms with Crippen LogP contribution in [0.15, 0.2) is 42.5 Å². The molecule has 1 atom stereocenters. The number of rotatable bonds is 7. The highest BCUT2D eigenvalue weighted by Gasteiger charge is 2.42. The van der Waals surface area contributed by atoms with Gasteiger partial charge >= 0.3 is 0 Å². The predicted octanol–water partition coefficient (Wildman–Crippen LogP) is 5.45. The lowest BCUT2D eigenvalue weighted by atomic mass is 9.95. The fourth-order valence-corrected chi connectivity index (χ4v) is 4.17. The van der Waals surface area contributed by atoms with Crippen molar-refractivity contribution in [1.82, 2.24) is 15.1 Å². The molecule has 1 aliphatic rings. The first kappa shape index (κ1) is 21.7. The first-order valence-corrected chi connectivity index (χ1v) is 10.9. The predicted molar refractivity (Wildman–Crippen MR) is 121 cm³/mol. The van der Waals surface area contributed by atoms with Gasteiger partial charge in [-0.05, 0) is 56.2 Å². The summed E-state index contributed by atoms with van der Waals surface area (Å²) in [6, 6.07) is 11.8. The van der Waals surface area contributed by atoms with Crippen LogP contribution in [0, 0.1) is 0 Å². The Balaban J connectivity index is 1.76. The van der Waals surface area contributed by atoms with Crippen molar-refractivity contribution in [3.8, 4) is 17.0 Å². The van der Waals surface area contributed by atoms with Gasteiger partial charge in [-0.2, -0.15) is 5.10 Å². The molecule has 0 aliphatic carbocycles. The second-order valence-corrected chi connectivity index (χ2v) is 8.62. The van der Waals surface area contributed by atoms with Crippen LogP contribution in [0.4, 0.5) is 0 Å². The first-order chi connectivity index (χ1) is 14.9. The number of hydrogen-bond donors (Lipinski definition) is 2. The molecule has 1 unspecified atom stereocenters. The van der Waals surface area contributed by atoms with Crippen LogP contribution in [0.1, 0.15) is 47.9 Å². The number of nitrogens with one attached hydrogen (secondary N) is 1. The third-order valence-corrected chi connectivity index (χ3v) is 5.74. The number of fused-ring (bicyclic) bond motifs is 1. The Kier molecular flexibility index (Phi) is 6.23. The van der Waals surface area contributed by atoms with E-state index in [1.165, 1.54) is 6.07 Å². The number of aromatic nitrogens is 2. The van der Waals surface area contributed by atoms with Crippen molar-refractivity contribution in [2.24, 2.45) is 0 Å². The average molecular weight is 460 g/mol. The lowest BCUT2D eigenvalue weighted by Crippen LogP contribution is -2.31. The summed E-state index contributed by atoms with van der Waals surface area (Å²) in [5.74, 6) is -0.0930. The summed E-state index contributed by atoms with van der Waals surface area (Å²) in [6.07, 6.45) is 0.833. The number of aromatic hydroxyl groups is 1. The molecule has 1 aromatic heterocycles. The molecule has 0 fully saturated rings. The van der Waals surface area contributed by atoms with Crippen LogP contribution in [0.2, 0.25) is 10.0 Å². The number of phenolic OH excluding ortho intramolecular Hbond substituents is 1. The summed E-state index contributed by atoms with van der Waals surface area (Å²) in [4.78, 5) is 15.1. The molecule has 2 aromatic carbocycles. The minimum atomic E-state index is -0.369. The molecule has 1 amide bonds. The SMILES string of the molecule is CC(C)OCCCN1C(=O)c2[nH]nc(-c3cc(Cl)ccc3O)c2C1c1ccc(Cl)cc1. The molecular weight excluding hydrogens is 437 g/mol. The number of ether oxygens (including phenoxy) is 1. The van der Waals surface area contributed by atoms with E-state index in [2.05, 4.69) is 10.2 Å². The van der Waals surface area contributed by atoms with Gasteiger partial charge in [0.1, 0.15) is 17.1 Å². The molecule has 2 heterocycles. The normalized spacial score (nSPS) is 15.7. The number of carbonyl (C=O) groups excluding carboxylic acids is 1. The Morgan fingerprint density at radius 1 is 1.16 bits per heavy atom. The molecule has 162 valence electrons. The van der Waals surface area contributed by atoms with Crippen molar-refractivity contribution in [2.45, 2.75) is 32.4 Å². The summed E-state index contributed by atoms with van der Waals surface area (Å²) in [6.45, 7) is 5.04. The number of carbonyl (C=O) groups is 1. The van der Waals surface area contributed by atoms with Gasteiger partial charge in [-0.15, -0.1) is 0 Å². The molecule has 0 saturated carbocycles. The number of benzene rings is 2. The van der Waals surface area contributed by atoms with Gasteiger partial charge < -0.3 is 14.7 Å². The monoisotopic (exact) mass is 459 g/mol. The summed E-state index contributed by atoms with van der Waals surface area (Å²) >= 11 is 12.3. The van der Waals surface area contributed by atoms with Gasteiger partial charge in [0, 0.05) is 34.3 Å². The molecule has 0 spiro atoms. The Labute approximate surface area is 190 Å². The molecule has 6 nitrogen and oxygen atoms in total. The van der Waals surface area contributed by atoms with E-state index in [9.17, 15) is 9.90 Å². The molecule has 0 radical (unpaired) electrons. The van der Waals surface area contributed by atoms with Crippen molar-refractivity contribution >= 4 is 29.1 Å². The molecule has 3 aromatic rings. The number of amides is 1. The average Bonchev–Trinajstić information content (AvgIpc) is 3.27. The zero-order valence-electron chi connectivity index (χ0n) is 17.2. The number of halogens is 2. The van der Waals surface area contributed by atoms with Crippen LogP contribution in [0.3, 0.4) is 0 Å². The van der Waals surface area contributed by atoms with E-state index in [0.29, 0.717) is 46.6 Å². The van der Waals surface area contributed by atoms with Crippen LogP contribution in [-0.2, 0) is 4.74 Å². The standard InChI is InChI=1S/C23H23Cl2N3O3/c1-13(2)31-11-3-10-28-22(14-4-6-15(24)7-5-14)19-20(26-27-21(19)23(28)30)17-12-16(25)8-9-18(17)29/h4-9,12-13,22,29H,3,10-11H2,1-2H3,(H,26,27). The van der Waals surface area contributed by atoms with Gasteiger partial charge in [0.05, 0.1) is 12.1 Å². The van der Waals surface area contributed by atoms with E-state index in [1.54, 1.807) is 29.2 Å². The van der Waals surface area contributed by atoms with E-state index in [-0.39, 0.29) is 23.8 Å². The maximum Gasteiger partial charge on any atom is 0.273 e. The quantitative estimate of drug-likeness (QED) is 0.460. The number of H-pyrrole nitrogens is 1. The van der Waals surface area contributed by atoms with E-state index >= 15 is 0 Å². The van der Waals surface area contributed by atoms with Crippen molar-refractivity contribution in [2.75, 3.05) is 13.2 Å². The number of phenols is 1. The molecular formula is C23H23Cl2N3O3. The number of aromatic amines is 1. The molecule has 1 aliphatic heterocycles. The van der Waals surface area contributed by atoms with Crippen LogP contribution in [0.5, 0.6) is 5.75 Å². The Bertz CT molecular complexity index is 1100. The summed E-state index contributed by atoms with van der Waals surface area (Å²) in [5.41, 5.74) is 3.02. The highest BCUT2D eigenvalue weighted by Crippen LogP contribution is 2.45. The fraction of sp³-hybridized carbons (Fsp3) is 0.304. The van der Waals surface area contributed by atoms with Crippen molar-refractivity contribution < 1.29 is 14.6 Å². The van der Waals surface area contributed by atoms with Gasteiger partial charge in [-0.25, -0.2) is 0 Å².